The number of hydrogen-bond acceptors (Lipinski definition) is 3. The molecule has 0 aliphatic carbocycles. The maximum atomic E-state index is 8.56. The lowest BCUT2D eigenvalue weighted by molar-refractivity contribution is -0.0540. The second-order valence-corrected chi connectivity index (χ2v) is 5.46. The van der Waals surface area contributed by atoms with Gasteiger partial charge in [-0.1, -0.05) is 45.4 Å². The summed E-state index contributed by atoms with van der Waals surface area (Å²) in [7, 11) is 0. The predicted molar refractivity (Wildman–Crippen MR) is 75.9 cm³/mol. The average molecular weight is 260 g/mol. The van der Waals surface area contributed by atoms with Gasteiger partial charge in [0.1, 0.15) is 0 Å². The molecular weight excluding hydrogens is 228 g/mol. The van der Waals surface area contributed by atoms with Crippen LogP contribution in [0, 0.1) is 0 Å². The van der Waals surface area contributed by atoms with Crippen LogP contribution in [0.2, 0.25) is 0 Å². The fraction of sp³-hybridized carbons (Fsp3) is 1.00. The maximum Gasteiger partial charge on any atom is 0.0707 e. The number of aliphatic hydroxyl groups is 1. The summed E-state index contributed by atoms with van der Waals surface area (Å²) < 4.78 is 11.0. The molecule has 0 aromatic heterocycles. The highest BCUT2D eigenvalue weighted by Gasteiger charge is 2.17. The van der Waals surface area contributed by atoms with E-state index in [-0.39, 0.29) is 12.2 Å². The first-order valence-corrected chi connectivity index (χ1v) is 7.45. The molecule has 0 aromatic rings. The van der Waals surface area contributed by atoms with Crippen LogP contribution in [-0.4, -0.2) is 37.1 Å². The van der Waals surface area contributed by atoms with Gasteiger partial charge in [-0.05, 0) is 20.3 Å². The Balaban J connectivity index is 3.37. The Kier molecular flexibility index (Phi) is 11.9. The van der Waals surface area contributed by atoms with Gasteiger partial charge in [0.15, 0.2) is 0 Å². The van der Waals surface area contributed by atoms with Crippen LogP contribution in [0.1, 0.15) is 65.7 Å². The van der Waals surface area contributed by atoms with Gasteiger partial charge >= 0.3 is 0 Å². The standard InChI is InChI=1S/C15H32O3/c1-4-5-6-7-8-9-10-15(2,3)18-14-13-17-12-11-16/h16H,4-14H2,1-3H3. The van der Waals surface area contributed by atoms with Crippen molar-refractivity contribution in [2.24, 2.45) is 0 Å². The topological polar surface area (TPSA) is 38.7 Å². The third-order valence-corrected chi connectivity index (χ3v) is 3.09. The maximum absolute atomic E-state index is 8.56. The van der Waals surface area contributed by atoms with Crippen LogP contribution in [0.15, 0.2) is 0 Å². The summed E-state index contributed by atoms with van der Waals surface area (Å²) in [4.78, 5) is 0. The number of hydrogen-bond donors (Lipinski definition) is 1. The monoisotopic (exact) mass is 260 g/mol. The zero-order valence-electron chi connectivity index (χ0n) is 12.5. The van der Waals surface area contributed by atoms with E-state index >= 15 is 0 Å². The van der Waals surface area contributed by atoms with Gasteiger partial charge in [-0.25, -0.2) is 0 Å². The van der Waals surface area contributed by atoms with Crippen LogP contribution in [-0.2, 0) is 9.47 Å². The Morgan fingerprint density at radius 2 is 1.56 bits per heavy atom. The van der Waals surface area contributed by atoms with E-state index < -0.39 is 0 Å². The number of rotatable bonds is 13. The Morgan fingerprint density at radius 3 is 2.22 bits per heavy atom. The molecule has 0 saturated heterocycles. The molecule has 0 aliphatic rings. The third-order valence-electron chi connectivity index (χ3n) is 3.09. The van der Waals surface area contributed by atoms with Crippen LogP contribution in [0.25, 0.3) is 0 Å². The molecule has 0 atom stereocenters. The van der Waals surface area contributed by atoms with E-state index in [9.17, 15) is 0 Å². The van der Waals surface area contributed by atoms with Gasteiger partial charge in [-0.2, -0.15) is 0 Å². The second-order valence-electron chi connectivity index (χ2n) is 5.46. The van der Waals surface area contributed by atoms with Crippen molar-refractivity contribution in [3.05, 3.63) is 0 Å². The minimum atomic E-state index is -0.0483. The first kappa shape index (κ1) is 17.9. The van der Waals surface area contributed by atoms with E-state index in [2.05, 4.69) is 20.8 Å². The number of aliphatic hydroxyl groups excluding tert-OH is 1. The largest absolute Gasteiger partial charge is 0.394 e. The highest BCUT2D eigenvalue weighted by Crippen LogP contribution is 2.19. The molecule has 0 rings (SSSR count). The minimum absolute atomic E-state index is 0.0483. The van der Waals surface area contributed by atoms with Crippen molar-refractivity contribution in [1.82, 2.24) is 0 Å². The summed E-state index contributed by atoms with van der Waals surface area (Å²) in [5.74, 6) is 0. The molecule has 3 heteroatoms. The quantitative estimate of drug-likeness (QED) is 0.515. The SMILES string of the molecule is CCCCCCCCC(C)(C)OCCOCCO. The van der Waals surface area contributed by atoms with Crippen molar-refractivity contribution in [3.8, 4) is 0 Å². The normalized spacial score (nSPS) is 12.0. The molecule has 0 spiro atoms. The Morgan fingerprint density at radius 1 is 0.889 bits per heavy atom. The van der Waals surface area contributed by atoms with Crippen LogP contribution in [0.3, 0.4) is 0 Å². The fourth-order valence-corrected chi connectivity index (χ4v) is 1.95. The van der Waals surface area contributed by atoms with Gasteiger partial charge in [0.2, 0.25) is 0 Å². The molecule has 0 saturated carbocycles. The minimum Gasteiger partial charge on any atom is -0.394 e. The zero-order valence-corrected chi connectivity index (χ0v) is 12.5. The van der Waals surface area contributed by atoms with Crippen LogP contribution in [0.4, 0.5) is 0 Å². The van der Waals surface area contributed by atoms with Crippen molar-refractivity contribution in [2.45, 2.75) is 71.3 Å². The number of unbranched alkanes of at least 4 members (excludes halogenated alkanes) is 5. The second kappa shape index (κ2) is 11.9. The highest BCUT2D eigenvalue weighted by atomic mass is 16.5. The summed E-state index contributed by atoms with van der Waals surface area (Å²) >= 11 is 0. The average Bonchev–Trinajstić information content (AvgIpc) is 2.33. The molecule has 0 bridgehead atoms. The van der Waals surface area contributed by atoms with Gasteiger partial charge in [0.05, 0.1) is 32.0 Å². The molecule has 18 heavy (non-hydrogen) atoms. The van der Waals surface area contributed by atoms with E-state index in [1.54, 1.807) is 0 Å². The van der Waals surface area contributed by atoms with E-state index in [1.165, 1.54) is 38.5 Å². The molecule has 0 aliphatic heterocycles. The van der Waals surface area contributed by atoms with Crippen LogP contribution in [0.5, 0.6) is 0 Å². The van der Waals surface area contributed by atoms with Crippen molar-refractivity contribution in [3.63, 3.8) is 0 Å². The van der Waals surface area contributed by atoms with Crippen molar-refractivity contribution in [1.29, 1.82) is 0 Å². The first-order valence-electron chi connectivity index (χ1n) is 7.45. The lowest BCUT2D eigenvalue weighted by Gasteiger charge is -2.25. The molecule has 0 amide bonds. The summed E-state index contributed by atoms with van der Waals surface area (Å²) in [6.07, 6.45) is 9.06. The summed E-state index contributed by atoms with van der Waals surface area (Å²) in [6.45, 7) is 8.21. The van der Waals surface area contributed by atoms with Crippen LogP contribution < -0.4 is 0 Å². The van der Waals surface area contributed by atoms with E-state index in [1.807, 2.05) is 0 Å². The molecule has 110 valence electrons. The molecule has 0 radical (unpaired) electrons. The van der Waals surface area contributed by atoms with E-state index in [4.69, 9.17) is 14.6 Å². The lowest BCUT2D eigenvalue weighted by atomic mass is 9.99. The Bertz CT molecular complexity index is 169. The molecule has 0 fully saturated rings. The molecule has 0 unspecified atom stereocenters. The molecule has 0 heterocycles. The van der Waals surface area contributed by atoms with Gasteiger partial charge in [0.25, 0.3) is 0 Å². The summed E-state index contributed by atoms with van der Waals surface area (Å²) in [5.41, 5.74) is -0.0483. The lowest BCUT2D eigenvalue weighted by Crippen LogP contribution is -2.26. The predicted octanol–water partition coefficient (Wildman–Crippen LogP) is 3.54. The number of ether oxygens (including phenoxy) is 2. The Hall–Kier alpha value is -0.120. The van der Waals surface area contributed by atoms with Crippen molar-refractivity contribution in [2.75, 3.05) is 26.4 Å². The highest BCUT2D eigenvalue weighted by molar-refractivity contribution is 4.68. The fourth-order valence-electron chi connectivity index (χ4n) is 1.95. The molecule has 0 aromatic carbocycles. The third kappa shape index (κ3) is 12.3. The van der Waals surface area contributed by atoms with E-state index in [0.717, 1.165) is 6.42 Å². The van der Waals surface area contributed by atoms with Gasteiger partial charge in [-0.15, -0.1) is 0 Å². The van der Waals surface area contributed by atoms with Crippen LogP contribution >= 0.6 is 0 Å². The van der Waals surface area contributed by atoms with Gasteiger partial charge < -0.3 is 14.6 Å². The summed E-state index contributed by atoms with van der Waals surface area (Å²) in [6, 6.07) is 0. The van der Waals surface area contributed by atoms with Gasteiger partial charge in [-0.3, -0.25) is 0 Å². The van der Waals surface area contributed by atoms with Crippen molar-refractivity contribution < 1.29 is 14.6 Å². The summed E-state index contributed by atoms with van der Waals surface area (Å²) in [5, 5.41) is 8.56. The smallest absolute Gasteiger partial charge is 0.0707 e. The Labute approximate surface area is 113 Å². The van der Waals surface area contributed by atoms with E-state index in [0.29, 0.717) is 19.8 Å². The molecular formula is C15H32O3. The molecule has 1 N–H and O–H groups in total. The van der Waals surface area contributed by atoms with Gasteiger partial charge in [0, 0.05) is 0 Å². The zero-order chi connectivity index (χ0) is 13.7. The molecule has 3 nitrogen and oxygen atoms in total. The van der Waals surface area contributed by atoms with Crippen molar-refractivity contribution >= 4 is 0 Å². The first-order chi connectivity index (χ1) is 8.62.